The summed E-state index contributed by atoms with van der Waals surface area (Å²) in [5.74, 6) is 2.05. The first-order valence-electron chi connectivity index (χ1n) is 6.52. The van der Waals surface area contributed by atoms with Gasteiger partial charge in [-0.3, -0.25) is 0 Å². The Balaban J connectivity index is 2.12. The van der Waals surface area contributed by atoms with Crippen molar-refractivity contribution in [2.24, 2.45) is 0 Å². The molecule has 0 radical (unpaired) electrons. The number of nitrogens with one attached hydrogen (secondary N) is 2. The number of aromatic nitrogens is 3. The number of nitrogens with zero attached hydrogens (tertiary/aromatic N) is 3. The Morgan fingerprint density at radius 2 is 1.95 bits per heavy atom. The number of aryl methyl sites for hydroxylation is 1. The van der Waals surface area contributed by atoms with Gasteiger partial charge in [0, 0.05) is 11.4 Å². The van der Waals surface area contributed by atoms with Crippen LogP contribution in [0.1, 0.15) is 23.9 Å². The molecule has 2 aromatic rings. The van der Waals surface area contributed by atoms with Crippen molar-refractivity contribution in [3.63, 3.8) is 0 Å². The van der Waals surface area contributed by atoms with Gasteiger partial charge in [-0.2, -0.15) is 0 Å². The second kappa shape index (κ2) is 7.04. The van der Waals surface area contributed by atoms with Gasteiger partial charge >= 0.3 is 0 Å². The lowest BCUT2D eigenvalue weighted by Gasteiger charge is -2.13. The Labute approximate surface area is 122 Å². The van der Waals surface area contributed by atoms with Crippen molar-refractivity contribution in [2.75, 3.05) is 24.3 Å². The third-order valence-corrected chi connectivity index (χ3v) is 3.75. The smallest absolute Gasteiger partial charge is 0.204 e. The summed E-state index contributed by atoms with van der Waals surface area (Å²) in [7, 11) is 1.62. The van der Waals surface area contributed by atoms with Gasteiger partial charge in [0.1, 0.15) is 6.33 Å². The first kappa shape index (κ1) is 14.5. The number of hydrogen-bond donors (Lipinski definition) is 2. The van der Waals surface area contributed by atoms with Crippen LogP contribution in [-0.2, 0) is 6.54 Å². The van der Waals surface area contributed by atoms with Gasteiger partial charge in [-0.15, -0.1) is 11.3 Å². The first-order valence-corrected chi connectivity index (χ1v) is 7.40. The minimum Gasteiger partial charge on any atom is -0.490 e. The lowest BCUT2D eigenvalue weighted by Crippen LogP contribution is -2.09. The molecule has 0 saturated carbocycles. The highest BCUT2D eigenvalue weighted by atomic mass is 32.1. The summed E-state index contributed by atoms with van der Waals surface area (Å²) in [6.07, 6.45) is 2.55. The van der Waals surface area contributed by atoms with Gasteiger partial charge in [-0.05, 0) is 13.3 Å². The third kappa shape index (κ3) is 3.36. The summed E-state index contributed by atoms with van der Waals surface area (Å²) in [5, 5.41) is 6.51. The zero-order chi connectivity index (χ0) is 14.4. The average Bonchev–Trinajstić information content (AvgIpc) is 2.88. The molecule has 0 unspecified atom stereocenters. The van der Waals surface area contributed by atoms with Gasteiger partial charge in [0.25, 0.3) is 0 Å². The van der Waals surface area contributed by atoms with Crippen molar-refractivity contribution in [1.29, 1.82) is 0 Å². The molecule has 2 N–H and O–H groups in total. The van der Waals surface area contributed by atoms with Crippen LogP contribution in [0.15, 0.2) is 11.8 Å². The van der Waals surface area contributed by atoms with Gasteiger partial charge in [0.15, 0.2) is 11.6 Å². The van der Waals surface area contributed by atoms with Crippen molar-refractivity contribution in [1.82, 2.24) is 15.0 Å². The van der Waals surface area contributed by atoms with Crippen molar-refractivity contribution >= 4 is 23.0 Å². The van der Waals surface area contributed by atoms with E-state index < -0.39 is 0 Å². The Kier molecular flexibility index (Phi) is 5.11. The van der Waals surface area contributed by atoms with E-state index in [1.165, 1.54) is 11.2 Å². The Bertz CT molecular complexity index is 557. The lowest BCUT2D eigenvalue weighted by molar-refractivity contribution is 0.414. The van der Waals surface area contributed by atoms with Gasteiger partial charge in [-0.25, -0.2) is 15.0 Å². The number of ether oxygens (including phenoxy) is 1. The highest BCUT2D eigenvalue weighted by Gasteiger charge is 2.12. The number of methoxy groups -OCH3 is 1. The van der Waals surface area contributed by atoms with E-state index in [2.05, 4.69) is 32.5 Å². The van der Waals surface area contributed by atoms with Crippen LogP contribution in [0.2, 0.25) is 0 Å². The van der Waals surface area contributed by atoms with E-state index in [-0.39, 0.29) is 0 Å². The molecule has 2 aromatic heterocycles. The van der Waals surface area contributed by atoms with Gasteiger partial charge in [0.05, 0.1) is 24.9 Å². The number of thiazole rings is 1. The molecule has 0 aromatic carbocycles. The van der Waals surface area contributed by atoms with Crippen LogP contribution >= 0.6 is 11.3 Å². The predicted octanol–water partition coefficient (Wildman–Crippen LogP) is 2.68. The van der Waals surface area contributed by atoms with Crippen molar-refractivity contribution in [3.05, 3.63) is 22.4 Å². The molecule has 2 heterocycles. The van der Waals surface area contributed by atoms with E-state index in [9.17, 15) is 0 Å². The molecule has 2 rings (SSSR count). The summed E-state index contributed by atoms with van der Waals surface area (Å²) >= 11 is 1.63. The highest BCUT2D eigenvalue weighted by molar-refractivity contribution is 7.09. The Morgan fingerprint density at radius 3 is 2.55 bits per heavy atom. The highest BCUT2D eigenvalue weighted by Crippen LogP contribution is 2.29. The van der Waals surface area contributed by atoms with E-state index in [0.29, 0.717) is 23.9 Å². The summed E-state index contributed by atoms with van der Waals surface area (Å²) in [4.78, 5) is 13.9. The van der Waals surface area contributed by atoms with Crippen LogP contribution in [-0.4, -0.2) is 28.6 Å². The van der Waals surface area contributed by atoms with E-state index in [1.807, 2.05) is 12.4 Å². The maximum Gasteiger partial charge on any atom is 0.204 e. The standard InChI is InChI=1S/C13H19N5OS/c1-4-5-14-12-11(19-3)13(17-7-16-12)15-6-10-9(2)18-8-20-10/h7-8H,4-6H2,1-3H3,(H2,14,15,16,17). The van der Waals surface area contributed by atoms with Gasteiger partial charge < -0.3 is 15.4 Å². The zero-order valence-corrected chi connectivity index (χ0v) is 12.8. The predicted molar refractivity (Wildman–Crippen MR) is 81.5 cm³/mol. The second-order valence-corrected chi connectivity index (χ2v) is 5.18. The summed E-state index contributed by atoms with van der Waals surface area (Å²) in [6, 6.07) is 0. The number of rotatable bonds is 7. The fourth-order valence-corrected chi connectivity index (χ4v) is 2.44. The SMILES string of the molecule is CCCNc1ncnc(NCc2scnc2C)c1OC. The molecule has 20 heavy (non-hydrogen) atoms. The first-order chi connectivity index (χ1) is 9.76. The molecule has 108 valence electrons. The lowest BCUT2D eigenvalue weighted by atomic mass is 10.3. The Morgan fingerprint density at radius 1 is 1.20 bits per heavy atom. The molecule has 0 spiro atoms. The maximum atomic E-state index is 5.41. The van der Waals surface area contributed by atoms with E-state index >= 15 is 0 Å². The van der Waals surface area contributed by atoms with Crippen LogP contribution in [0.4, 0.5) is 11.6 Å². The van der Waals surface area contributed by atoms with Crippen LogP contribution in [0, 0.1) is 6.92 Å². The van der Waals surface area contributed by atoms with Gasteiger partial charge in [-0.1, -0.05) is 6.92 Å². The molecule has 0 aliphatic heterocycles. The van der Waals surface area contributed by atoms with E-state index in [1.54, 1.807) is 18.4 Å². The van der Waals surface area contributed by atoms with Crippen LogP contribution in [0.5, 0.6) is 5.75 Å². The molecule has 0 amide bonds. The van der Waals surface area contributed by atoms with Gasteiger partial charge in [0.2, 0.25) is 5.75 Å². The molecule has 0 aliphatic carbocycles. The normalized spacial score (nSPS) is 10.3. The van der Waals surface area contributed by atoms with E-state index in [4.69, 9.17) is 4.74 Å². The number of hydrogen-bond acceptors (Lipinski definition) is 7. The number of anilines is 2. The minimum atomic E-state index is 0.642. The third-order valence-electron chi connectivity index (χ3n) is 2.81. The molecule has 0 bridgehead atoms. The molecule has 0 fully saturated rings. The quantitative estimate of drug-likeness (QED) is 0.818. The molecular weight excluding hydrogens is 274 g/mol. The topological polar surface area (TPSA) is 72.0 Å². The monoisotopic (exact) mass is 293 g/mol. The molecule has 0 atom stereocenters. The molecule has 0 saturated heterocycles. The fourth-order valence-electron chi connectivity index (χ4n) is 1.72. The Hall–Kier alpha value is -1.89. The van der Waals surface area contributed by atoms with Crippen LogP contribution < -0.4 is 15.4 Å². The average molecular weight is 293 g/mol. The van der Waals surface area contributed by atoms with Crippen molar-refractivity contribution < 1.29 is 4.74 Å². The molecule has 7 heteroatoms. The van der Waals surface area contributed by atoms with E-state index in [0.717, 1.165) is 18.7 Å². The van der Waals surface area contributed by atoms with Crippen LogP contribution in [0.3, 0.4) is 0 Å². The summed E-state index contributed by atoms with van der Waals surface area (Å²) in [5.41, 5.74) is 2.89. The van der Waals surface area contributed by atoms with Crippen molar-refractivity contribution in [2.45, 2.75) is 26.8 Å². The summed E-state index contributed by atoms with van der Waals surface area (Å²) in [6.45, 7) is 5.63. The molecular formula is C13H19N5OS. The zero-order valence-electron chi connectivity index (χ0n) is 11.9. The second-order valence-electron chi connectivity index (χ2n) is 4.25. The molecule has 6 nitrogen and oxygen atoms in total. The maximum absolute atomic E-state index is 5.41. The summed E-state index contributed by atoms with van der Waals surface area (Å²) < 4.78 is 5.41. The fraction of sp³-hybridized carbons (Fsp3) is 0.462. The minimum absolute atomic E-state index is 0.642. The largest absolute Gasteiger partial charge is 0.490 e. The van der Waals surface area contributed by atoms with Crippen molar-refractivity contribution in [3.8, 4) is 5.75 Å². The molecule has 0 aliphatic rings. The van der Waals surface area contributed by atoms with Crippen LogP contribution in [0.25, 0.3) is 0 Å².